The summed E-state index contributed by atoms with van der Waals surface area (Å²) in [6.07, 6.45) is 2.87. The van der Waals surface area contributed by atoms with Gasteiger partial charge in [-0.15, -0.1) is 24.8 Å². The Labute approximate surface area is 110 Å². The van der Waals surface area contributed by atoms with Gasteiger partial charge in [0.05, 0.1) is 13.2 Å². The second-order valence-electron chi connectivity index (χ2n) is 4.88. The number of ether oxygens (including phenoxy) is 1. The maximum atomic E-state index is 5.41. The van der Waals surface area contributed by atoms with Crippen molar-refractivity contribution >= 4 is 24.8 Å². The molecule has 1 saturated carbocycles. The zero-order valence-corrected chi connectivity index (χ0v) is 11.2. The number of halogens is 2. The Hall–Kier alpha value is 0.460. The van der Waals surface area contributed by atoms with Crippen LogP contribution in [0.5, 0.6) is 0 Å². The first-order valence-electron chi connectivity index (χ1n) is 5.97. The third-order valence-electron chi connectivity index (χ3n) is 4.23. The summed E-state index contributed by atoms with van der Waals surface area (Å²) >= 11 is 0. The minimum atomic E-state index is 0. The Morgan fingerprint density at radius 2 is 1.75 bits per heavy atom. The molecule has 0 radical (unpaired) electrons. The number of fused-ring (bicyclic) bond motifs is 1. The largest absolute Gasteiger partial charge is 0.379 e. The van der Waals surface area contributed by atoms with E-state index < -0.39 is 0 Å². The first kappa shape index (κ1) is 14.5. The lowest BCUT2D eigenvalue weighted by Crippen LogP contribution is -2.46. The molecule has 0 aromatic heterocycles. The van der Waals surface area contributed by atoms with E-state index in [4.69, 9.17) is 4.74 Å². The molecular formula is C11H22Cl2N2O. The second kappa shape index (κ2) is 6.41. The van der Waals surface area contributed by atoms with Crippen molar-refractivity contribution < 1.29 is 4.74 Å². The Balaban J connectivity index is 0.000000640. The molecule has 5 heteroatoms. The molecule has 0 spiro atoms. The molecule has 2 saturated heterocycles. The number of rotatable bonds is 1. The van der Waals surface area contributed by atoms with Gasteiger partial charge in [0.15, 0.2) is 0 Å². The molecule has 96 valence electrons. The summed E-state index contributed by atoms with van der Waals surface area (Å²) in [5, 5.41) is 3.54. The van der Waals surface area contributed by atoms with Gasteiger partial charge >= 0.3 is 0 Å². The van der Waals surface area contributed by atoms with Crippen LogP contribution in [0.2, 0.25) is 0 Å². The number of nitrogens with one attached hydrogen (secondary N) is 1. The molecular weight excluding hydrogens is 247 g/mol. The lowest BCUT2D eigenvalue weighted by molar-refractivity contribution is 0.00834. The van der Waals surface area contributed by atoms with E-state index in [1.165, 1.54) is 25.9 Å². The van der Waals surface area contributed by atoms with Gasteiger partial charge in [0.25, 0.3) is 0 Å². The highest BCUT2D eigenvalue weighted by atomic mass is 35.5. The van der Waals surface area contributed by atoms with E-state index in [0.29, 0.717) is 0 Å². The number of nitrogens with zero attached hydrogens (tertiary/aromatic N) is 1. The lowest BCUT2D eigenvalue weighted by atomic mass is 9.96. The normalized spacial score (nSPS) is 38.6. The highest BCUT2D eigenvalue weighted by molar-refractivity contribution is 5.85. The van der Waals surface area contributed by atoms with Crippen molar-refractivity contribution in [2.75, 3.05) is 39.4 Å². The Bertz CT molecular complexity index is 212. The second-order valence-corrected chi connectivity index (χ2v) is 4.88. The van der Waals surface area contributed by atoms with Gasteiger partial charge in [0.1, 0.15) is 0 Å². The molecule has 0 amide bonds. The molecule has 0 aromatic carbocycles. The van der Waals surface area contributed by atoms with E-state index in [2.05, 4.69) is 10.2 Å². The van der Waals surface area contributed by atoms with Crippen molar-refractivity contribution in [3.8, 4) is 0 Å². The van der Waals surface area contributed by atoms with E-state index in [0.717, 1.165) is 44.2 Å². The summed E-state index contributed by atoms with van der Waals surface area (Å²) < 4.78 is 5.41. The fourth-order valence-corrected chi connectivity index (χ4v) is 3.48. The van der Waals surface area contributed by atoms with E-state index >= 15 is 0 Å². The van der Waals surface area contributed by atoms with Crippen LogP contribution in [0.25, 0.3) is 0 Å². The first-order valence-corrected chi connectivity index (χ1v) is 5.97. The van der Waals surface area contributed by atoms with Gasteiger partial charge in [-0.05, 0) is 37.8 Å². The van der Waals surface area contributed by atoms with Crippen LogP contribution in [0.1, 0.15) is 12.8 Å². The van der Waals surface area contributed by atoms with E-state index in [1.807, 2.05) is 0 Å². The van der Waals surface area contributed by atoms with Gasteiger partial charge in [0, 0.05) is 19.1 Å². The van der Waals surface area contributed by atoms with Crippen molar-refractivity contribution in [2.45, 2.75) is 18.9 Å². The molecule has 3 nitrogen and oxygen atoms in total. The Kier molecular flexibility index (Phi) is 5.82. The quantitative estimate of drug-likeness (QED) is 0.773. The molecule has 3 fully saturated rings. The molecule has 3 atom stereocenters. The predicted molar refractivity (Wildman–Crippen MR) is 69.8 cm³/mol. The van der Waals surface area contributed by atoms with E-state index in [9.17, 15) is 0 Å². The summed E-state index contributed by atoms with van der Waals surface area (Å²) in [4.78, 5) is 2.67. The fourth-order valence-electron chi connectivity index (χ4n) is 3.48. The predicted octanol–water partition coefficient (Wildman–Crippen LogP) is 1.16. The molecule has 0 aromatic rings. The van der Waals surface area contributed by atoms with Crippen molar-refractivity contribution in [2.24, 2.45) is 11.8 Å². The summed E-state index contributed by atoms with van der Waals surface area (Å²) in [6.45, 7) is 6.74. The average molecular weight is 269 g/mol. The van der Waals surface area contributed by atoms with Crippen LogP contribution >= 0.6 is 24.8 Å². The zero-order chi connectivity index (χ0) is 9.38. The molecule has 1 aliphatic carbocycles. The van der Waals surface area contributed by atoms with Crippen molar-refractivity contribution in [3.63, 3.8) is 0 Å². The molecule has 3 aliphatic rings. The highest BCUT2D eigenvalue weighted by Gasteiger charge is 2.41. The summed E-state index contributed by atoms with van der Waals surface area (Å²) in [6, 6.07) is 0.860. The monoisotopic (exact) mass is 268 g/mol. The lowest BCUT2D eigenvalue weighted by Gasteiger charge is -2.35. The summed E-state index contributed by atoms with van der Waals surface area (Å²) in [7, 11) is 0. The van der Waals surface area contributed by atoms with Crippen LogP contribution in [-0.4, -0.2) is 50.3 Å². The maximum Gasteiger partial charge on any atom is 0.0594 e. The van der Waals surface area contributed by atoms with Gasteiger partial charge in [-0.3, -0.25) is 4.90 Å². The third-order valence-corrected chi connectivity index (χ3v) is 4.23. The SMILES string of the molecule is C1CN(C2CCC3CNCC32)CCO1.Cl.Cl. The summed E-state index contributed by atoms with van der Waals surface area (Å²) in [5.41, 5.74) is 0. The highest BCUT2D eigenvalue weighted by Crippen LogP contribution is 2.37. The van der Waals surface area contributed by atoms with Crippen molar-refractivity contribution in [1.29, 1.82) is 0 Å². The van der Waals surface area contributed by atoms with Crippen LogP contribution in [-0.2, 0) is 4.74 Å². The molecule has 2 aliphatic heterocycles. The topological polar surface area (TPSA) is 24.5 Å². The van der Waals surface area contributed by atoms with Gasteiger partial charge in [0.2, 0.25) is 0 Å². The Morgan fingerprint density at radius 3 is 2.50 bits per heavy atom. The number of hydrogen-bond acceptors (Lipinski definition) is 3. The molecule has 2 heterocycles. The van der Waals surface area contributed by atoms with Crippen LogP contribution in [0, 0.1) is 11.8 Å². The van der Waals surface area contributed by atoms with Gasteiger partial charge in [-0.25, -0.2) is 0 Å². The third kappa shape index (κ3) is 2.65. The van der Waals surface area contributed by atoms with Crippen LogP contribution in [0.15, 0.2) is 0 Å². The van der Waals surface area contributed by atoms with Crippen molar-refractivity contribution in [1.82, 2.24) is 10.2 Å². The average Bonchev–Trinajstić information content (AvgIpc) is 2.79. The maximum absolute atomic E-state index is 5.41. The molecule has 3 unspecified atom stereocenters. The number of hydrogen-bond donors (Lipinski definition) is 1. The number of morpholine rings is 1. The molecule has 3 rings (SSSR count). The van der Waals surface area contributed by atoms with Crippen LogP contribution < -0.4 is 5.32 Å². The van der Waals surface area contributed by atoms with Crippen LogP contribution in [0.3, 0.4) is 0 Å². The smallest absolute Gasteiger partial charge is 0.0594 e. The van der Waals surface area contributed by atoms with Crippen LogP contribution in [0.4, 0.5) is 0 Å². The van der Waals surface area contributed by atoms with E-state index in [-0.39, 0.29) is 24.8 Å². The summed E-state index contributed by atoms with van der Waals surface area (Å²) in [5.74, 6) is 1.91. The minimum Gasteiger partial charge on any atom is -0.379 e. The van der Waals surface area contributed by atoms with E-state index in [1.54, 1.807) is 0 Å². The zero-order valence-electron chi connectivity index (χ0n) is 9.56. The first-order chi connectivity index (χ1) is 6.95. The van der Waals surface area contributed by atoms with Gasteiger partial charge in [-0.1, -0.05) is 0 Å². The Morgan fingerprint density at radius 1 is 1.00 bits per heavy atom. The standard InChI is InChI=1S/C11H20N2O.2ClH/c1-2-11(10-8-12-7-9(1)10)13-3-5-14-6-4-13;;/h9-12H,1-8H2;2*1H. The van der Waals surface area contributed by atoms with Gasteiger partial charge in [-0.2, -0.15) is 0 Å². The van der Waals surface area contributed by atoms with Crippen molar-refractivity contribution in [3.05, 3.63) is 0 Å². The molecule has 1 N–H and O–H groups in total. The minimum absolute atomic E-state index is 0. The van der Waals surface area contributed by atoms with Gasteiger partial charge < -0.3 is 10.1 Å². The molecule has 16 heavy (non-hydrogen) atoms. The fraction of sp³-hybridized carbons (Fsp3) is 1.00. The molecule has 0 bridgehead atoms.